The van der Waals surface area contributed by atoms with Crippen LogP contribution in [0.5, 0.6) is 0 Å². The first-order valence-electron chi connectivity index (χ1n) is 3.31. The monoisotopic (exact) mass is 181 g/mol. The Morgan fingerprint density at radius 3 is 2.80 bits per heavy atom. The summed E-state index contributed by atoms with van der Waals surface area (Å²) in [6.07, 6.45) is 2.07. The van der Waals surface area contributed by atoms with E-state index in [-0.39, 0.29) is 12.6 Å². The molecule has 0 rings (SSSR count). The summed E-state index contributed by atoms with van der Waals surface area (Å²) in [6, 6.07) is 0.238. The molecule has 2 nitrogen and oxygen atoms in total. The molecular weight excluding hydrogens is 166 g/mol. The zero-order chi connectivity index (χ0) is 7.82. The quantitative estimate of drug-likeness (QED) is 0.472. The topological polar surface area (TPSA) is 32.3 Å². The molecule has 0 aromatic carbocycles. The van der Waals surface area contributed by atoms with Gasteiger partial charge in [0, 0.05) is 18.3 Å². The zero-order valence-corrected chi connectivity index (χ0v) is 8.10. The Morgan fingerprint density at radius 1 is 1.60 bits per heavy atom. The maximum absolute atomic E-state index is 8.62. The predicted octanol–water partition coefficient (Wildman–Crippen LogP) is 0.968. The maximum atomic E-state index is 8.62. The molecule has 1 atom stereocenters. The minimum atomic E-state index is 0.226. The minimum Gasteiger partial charge on any atom is -0.395 e. The highest BCUT2D eigenvalue weighted by atomic mass is 33.1. The Hall–Kier alpha value is 0.620. The van der Waals surface area contributed by atoms with E-state index >= 15 is 0 Å². The van der Waals surface area contributed by atoms with Gasteiger partial charge in [-0.1, -0.05) is 21.6 Å². The lowest BCUT2D eigenvalue weighted by molar-refractivity contribution is 0.254. The molecule has 0 aliphatic rings. The van der Waals surface area contributed by atoms with Gasteiger partial charge >= 0.3 is 0 Å². The van der Waals surface area contributed by atoms with Crippen molar-refractivity contribution in [2.75, 3.05) is 25.2 Å². The second-order valence-electron chi connectivity index (χ2n) is 2.03. The lowest BCUT2D eigenvalue weighted by Crippen LogP contribution is -2.30. The lowest BCUT2D eigenvalue weighted by atomic mass is 10.4. The van der Waals surface area contributed by atoms with E-state index in [1.165, 1.54) is 0 Å². The Labute approximate surface area is 70.6 Å². The van der Waals surface area contributed by atoms with E-state index in [1.807, 2.05) is 17.7 Å². The molecule has 62 valence electrons. The van der Waals surface area contributed by atoms with E-state index in [9.17, 15) is 0 Å². The van der Waals surface area contributed by atoms with Gasteiger partial charge in [0.05, 0.1) is 6.61 Å². The van der Waals surface area contributed by atoms with E-state index in [4.69, 9.17) is 5.11 Å². The van der Waals surface area contributed by atoms with Crippen molar-refractivity contribution in [3.63, 3.8) is 0 Å². The van der Waals surface area contributed by atoms with Crippen LogP contribution in [0.15, 0.2) is 0 Å². The summed E-state index contributed by atoms with van der Waals surface area (Å²) in [5, 5.41) is 11.8. The number of hydrogen-bond acceptors (Lipinski definition) is 4. The van der Waals surface area contributed by atoms with Crippen LogP contribution in [0, 0.1) is 0 Å². The van der Waals surface area contributed by atoms with Crippen LogP contribution in [-0.2, 0) is 0 Å². The van der Waals surface area contributed by atoms with Crippen LogP contribution in [-0.4, -0.2) is 36.3 Å². The standard InChI is InChI=1S/C6H15NOS2/c1-6(5-8)7-3-4-10-9-2/h6-8H,3-5H2,1-2H3. The Bertz CT molecular complexity index is 72.8. The second-order valence-corrected chi connectivity index (χ2v) is 4.71. The molecule has 0 fully saturated rings. The average molecular weight is 181 g/mol. The van der Waals surface area contributed by atoms with Gasteiger partial charge in [-0.3, -0.25) is 0 Å². The molecule has 2 N–H and O–H groups in total. The fraction of sp³-hybridized carbons (Fsp3) is 1.00. The first-order chi connectivity index (χ1) is 4.81. The van der Waals surface area contributed by atoms with Gasteiger partial charge in [0.2, 0.25) is 0 Å². The third-order valence-electron chi connectivity index (χ3n) is 1.07. The fourth-order valence-corrected chi connectivity index (χ4v) is 1.61. The molecule has 1 unspecified atom stereocenters. The van der Waals surface area contributed by atoms with E-state index in [0.29, 0.717) is 0 Å². The summed E-state index contributed by atoms with van der Waals surface area (Å²) in [7, 11) is 3.61. The van der Waals surface area contributed by atoms with Gasteiger partial charge in [-0.2, -0.15) is 0 Å². The SMILES string of the molecule is CSSCCNC(C)CO. The first-order valence-corrected chi connectivity index (χ1v) is 6.03. The molecule has 0 aliphatic carbocycles. The van der Waals surface area contributed by atoms with Crippen LogP contribution < -0.4 is 5.32 Å². The van der Waals surface area contributed by atoms with Crippen molar-refractivity contribution in [2.45, 2.75) is 13.0 Å². The number of rotatable bonds is 6. The summed E-state index contributed by atoms with van der Waals surface area (Å²) >= 11 is 0. The third-order valence-corrected chi connectivity index (χ3v) is 2.88. The largest absolute Gasteiger partial charge is 0.395 e. The molecule has 0 saturated carbocycles. The van der Waals surface area contributed by atoms with E-state index in [0.717, 1.165) is 12.3 Å². The fourth-order valence-electron chi connectivity index (χ4n) is 0.495. The Kier molecular flexibility index (Phi) is 8.20. The summed E-state index contributed by atoms with van der Waals surface area (Å²) in [5.74, 6) is 1.10. The van der Waals surface area contributed by atoms with Crippen molar-refractivity contribution in [3.05, 3.63) is 0 Å². The van der Waals surface area contributed by atoms with Crippen molar-refractivity contribution < 1.29 is 5.11 Å². The van der Waals surface area contributed by atoms with Crippen LogP contribution in [0.3, 0.4) is 0 Å². The molecule has 4 heteroatoms. The summed E-state index contributed by atoms with van der Waals surface area (Å²) in [6.45, 7) is 3.18. The van der Waals surface area contributed by atoms with Gasteiger partial charge in [0.15, 0.2) is 0 Å². The zero-order valence-electron chi connectivity index (χ0n) is 6.46. The van der Waals surface area contributed by atoms with Crippen LogP contribution in [0.4, 0.5) is 0 Å². The van der Waals surface area contributed by atoms with Crippen LogP contribution in [0.25, 0.3) is 0 Å². The molecule has 0 aromatic rings. The molecule has 0 bridgehead atoms. The second kappa shape index (κ2) is 7.72. The molecule has 0 amide bonds. The number of aliphatic hydroxyl groups is 1. The molecule has 0 aliphatic heterocycles. The Balaban J connectivity index is 2.89. The highest BCUT2D eigenvalue weighted by Gasteiger charge is 1.95. The summed E-state index contributed by atoms with van der Waals surface area (Å²) in [4.78, 5) is 0. The smallest absolute Gasteiger partial charge is 0.0581 e. The molecular formula is C6H15NOS2. The van der Waals surface area contributed by atoms with Gasteiger partial charge < -0.3 is 10.4 Å². The van der Waals surface area contributed by atoms with Crippen LogP contribution in [0.1, 0.15) is 6.92 Å². The maximum Gasteiger partial charge on any atom is 0.0581 e. The van der Waals surface area contributed by atoms with Gasteiger partial charge in [-0.25, -0.2) is 0 Å². The van der Waals surface area contributed by atoms with Gasteiger partial charge in [-0.15, -0.1) is 0 Å². The van der Waals surface area contributed by atoms with E-state index in [2.05, 4.69) is 11.6 Å². The van der Waals surface area contributed by atoms with Gasteiger partial charge in [0.1, 0.15) is 0 Å². The molecule has 10 heavy (non-hydrogen) atoms. The van der Waals surface area contributed by atoms with Crippen molar-refractivity contribution in [3.8, 4) is 0 Å². The predicted molar refractivity (Wildman–Crippen MR) is 50.5 cm³/mol. The van der Waals surface area contributed by atoms with Crippen LogP contribution in [0.2, 0.25) is 0 Å². The van der Waals surface area contributed by atoms with E-state index < -0.39 is 0 Å². The summed E-state index contributed by atoms with van der Waals surface area (Å²) in [5.41, 5.74) is 0. The molecule has 0 heterocycles. The van der Waals surface area contributed by atoms with Crippen LogP contribution >= 0.6 is 21.6 Å². The van der Waals surface area contributed by atoms with Gasteiger partial charge in [-0.05, 0) is 13.2 Å². The lowest BCUT2D eigenvalue weighted by Gasteiger charge is -2.08. The first kappa shape index (κ1) is 10.6. The molecule has 0 spiro atoms. The van der Waals surface area contributed by atoms with Crippen molar-refractivity contribution in [1.82, 2.24) is 5.32 Å². The molecule has 0 radical (unpaired) electrons. The van der Waals surface area contributed by atoms with Crippen molar-refractivity contribution in [2.24, 2.45) is 0 Å². The molecule has 0 aromatic heterocycles. The summed E-state index contributed by atoms with van der Waals surface area (Å²) < 4.78 is 0. The Morgan fingerprint density at radius 2 is 2.30 bits per heavy atom. The number of aliphatic hydroxyl groups excluding tert-OH is 1. The van der Waals surface area contributed by atoms with Crippen molar-refractivity contribution >= 4 is 21.6 Å². The van der Waals surface area contributed by atoms with Crippen molar-refractivity contribution in [1.29, 1.82) is 0 Å². The highest BCUT2D eigenvalue weighted by molar-refractivity contribution is 8.76. The number of nitrogens with one attached hydrogen (secondary N) is 1. The van der Waals surface area contributed by atoms with E-state index in [1.54, 1.807) is 10.8 Å². The number of hydrogen-bond donors (Lipinski definition) is 2. The molecule has 0 saturated heterocycles. The third kappa shape index (κ3) is 6.74. The highest BCUT2D eigenvalue weighted by Crippen LogP contribution is 2.14. The normalized spacial score (nSPS) is 13.5. The minimum absolute atomic E-state index is 0.226. The van der Waals surface area contributed by atoms with Gasteiger partial charge in [0.25, 0.3) is 0 Å². The average Bonchev–Trinajstić information content (AvgIpc) is 1.98.